The van der Waals surface area contributed by atoms with Crippen LogP contribution in [0.5, 0.6) is 5.75 Å². The molecule has 1 aliphatic rings. The monoisotopic (exact) mass is 373 g/mol. The lowest BCUT2D eigenvalue weighted by Crippen LogP contribution is -2.26. The predicted octanol–water partition coefficient (Wildman–Crippen LogP) is 2.78. The average Bonchev–Trinajstić information content (AvgIpc) is 2.89. The Labute approximate surface area is 136 Å². The molecule has 0 N–H and O–H groups in total. The molecule has 0 aliphatic carbocycles. The first-order valence-electron chi connectivity index (χ1n) is 6.95. The molecule has 1 aromatic carbocycles. The van der Waals surface area contributed by atoms with Gasteiger partial charge in [-0.15, -0.1) is 0 Å². The number of benzene rings is 1. The lowest BCUT2D eigenvalue weighted by atomic mass is 10.1. The van der Waals surface area contributed by atoms with Crippen molar-refractivity contribution in [3.8, 4) is 5.75 Å². The molecule has 0 bridgehead atoms. The summed E-state index contributed by atoms with van der Waals surface area (Å²) in [6.07, 6.45) is 0.0990. The summed E-state index contributed by atoms with van der Waals surface area (Å²) < 4.78 is 24.6. The minimum atomic E-state index is -0.451. The van der Waals surface area contributed by atoms with Gasteiger partial charge < -0.3 is 14.4 Å². The van der Waals surface area contributed by atoms with Crippen LogP contribution in [0.15, 0.2) is 10.5 Å². The number of hydrogen-bond acceptors (Lipinski definition) is 4. The lowest BCUT2D eigenvalue weighted by molar-refractivity contribution is -0.145. The maximum Gasteiger partial charge on any atom is 0.306 e. The smallest absolute Gasteiger partial charge is 0.306 e. The molecule has 0 fully saturated rings. The van der Waals surface area contributed by atoms with Crippen molar-refractivity contribution in [1.29, 1.82) is 0 Å². The predicted molar refractivity (Wildman–Crippen MR) is 80.8 cm³/mol. The highest BCUT2D eigenvalue weighted by Crippen LogP contribution is 2.37. The molecule has 0 saturated heterocycles. The van der Waals surface area contributed by atoms with Crippen molar-refractivity contribution < 1.29 is 23.5 Å². The minimum Gasteiger partial charge on any atom is -0.492 e. The number of nitrogens with zero attached hydrogens (tertiary/aromatic N) is 1. The van der Waals surface area contributed by atoms with Gasteiger partial charge in [-0.1, -0.05) is 0 Å². The van der Waals surface area contributed by atoms with Crippen LogP contribution in [0, 0.1) is 5.82 Å². The van der Waals surface area contributed by atoms with Crippen molar-refractivity contribution in [2.75, 3.05) is 13.7 Å². The summed E-state index contributed by atoms with van der Waals surface area (Å²) in [5.41, 5.74) is 1.21. The van der Waals surface area contributed by atoms with Gasteiger partial charge in [0.05, 0.1) is 24.6 Å². The van der Waals surface area contributed by atoms with E-state index in [0.29, 0.717) is 23.2 Å². The zero-order chi connectivity index (χ0) is 16.3. The van der Waals surface area contributed by atoms with Crippen LogP contribution in [0.4, 0.5) is 4.39 Å². The Morgan fingerprint density at radius 1 is 1.36 bits per heavy atom. The van der Waals surface area contributed by atoms with Crippen molar-refractivity contribution in [2.24, 2.45) is 0 Å². The van der Waals surface area contributed by atoms with Gasteiger partial charge in [-0.25, -0.2) is 4.39 Å². The molecule has 0 radical (unpaired) electrons. The van der Waals surface area contributed by atoms with Gasteiger partial charge in [0.25, 0.3) is 0 Å². The summed E-state index contributed by atoms with van der Waals surface area (Å²) in [6, 6.07) is 1.76. The molecular formula is C15H17BrFNO4. The molecule has 120 valence electrons. The van der Waals surface area contributed by atoms with E-state index in [1.807, 2.05) is 0 Å². The summed E-state index contributed by atoms with van der Waals surface area (Å²) in [5, 5.41) is 0. The largest absolute Gasteiger partial charge is 0.492 e. The van der Waals surface area contributed by atoms with Crippen molar-refractivity contribution >= 4 is 27.8 Å². The van der Waals surface area contributed by atoms with E-state index < -0.39 is 11.8 Å². The number of ether oxygens (including phenoxy) is 2. The van der Waals surface area contributed by atoms with Gasteiger partial charge in [-0.3, -0.25) is 9.59 Å². The lowest BCUT2D eigenvalue weighted by Gasteiger charge is -2.14. The number of hydrogen-bond donors (Lipinski definition) is 0. The average molecular weight is 374 g/mol. The topological polar surface area (TPSA) is 55.8 Å². The summed E-state index contributed by atoms with van der Waals surface area (Å²) in [4.78, 5) is 24.9. The summed E-state index contributed by atoms with van der Waals surface area (Å²) in [7, 11) is 1.40. The number of fused-ring (bicyclic) bond motifs is 1. The molecule has 0 spiro atoms. The van der Waals surface area contributed by atoms with E-state index in [9.17, 15) is 14.0 Å². The fourth-order valence-corrected chi connectivity index (χ4v) is 3.03. The fraction of sp³-hybridized carbons (Fsp3) is 0.467. The SMILES string of the molecule is CCOC(=O)CCC(=O)N1Cc2cc(Br)c(OC)c(F)c2C1. The Balaban J connectivity index is 2.04. The van der Waals surface area contributed by atoms with Crippen LogP contribution in [0.2, 0.25) is 0 Å². The summed E-state index contributed by atoms with van der Waals surface area (Å²) in [5.74, 6) is -0.908. The second-order valence-electron chi connectivity index (χ2n) is 4.90. The molecule has 0 atom stereocenters. The molecule has 5 nitrogen and oxygen atoms in total. The fourth-order valence-electron chi connectivity index (χ4n) is 2.42. The normalized spacial score (nSPS) is 13.0. The Bertz CT molecular complexity index is 606. The first-order chi connectivity index (χ1) is 10.5. The number of carbonyl (C=O) groups excluding carboxylic acids is 2. The molecule has 1 aliphatic heterocycles. The third-order valence-electron chi connectivity index (χ3n) is 3.49. The van der Waals surface area contributed by atoms with E-state index in [1.54, 1.807) is 13.0 Å². The molecule has 1 amide bonds. The molecule has 2 rings (SSSR count). The highest BCUT2D eigenvalue weighted by molar-refractivity contribution is 9.10. The van der Waals surface area contributed by atoms with Gasteiger partial charge in [0.15, 0.2) is 11.6 Å². The van der Waals surface area contributed by atoms with Crippen LogP contribution >= 0.6 is 15.9 Å². The van der Waals surface area contributed by atoms with Crippen LogP contribution in [-0.4, -0.2) is 30.5 Å². The van der Waals surface area contributed by atoms with E-state index in [4.69, 9.17) is 9.47 Å². The first-order valence-corrected chi connectivity index (χ1v) is 7.74. The number of halogens is 2. The highest BCUT2D eigenvalue weighted by atomic mass is 79.9. The molecule has 1 heterocycles. The number of esters is 1. The van der Waals surface area contributed by atoms with Crippen LogP contribution in [0.1, 0.15) is 30.9 Å². The van der Waals surface area contributed by atoms with Gasteiger partial charge in [0.2, 0.25) is 5.91 Å². The number of amides is 1. The third kappa shape index (κ3) is 3.40. The van der Waals surface area contributed by atoms with Crippen LogP contribution in [-0.2, 0) is 27.4 Å². The van der Waals surface area contributed by atoms with E-state index >= 15 is 0 Å². The van der Waals surface area contributed by atoms with E-state index in [-0.39, 0.29) is 31.0 Å². The van der Waals surface area contributed by atoms with Crippen LogP contribution in [0.25, 0.3) is 0 Å². The van der Waals surface area contributed by atoms with Gasteiger partial charge >= 0.3 is 5.97 Å². The van der Waals surface area contributed by atoms with Crippen molar-refractivity contribution in [1.82, 2.24) is 4.90 Å². The second kappa shape index (κ2) is 7.09. The maximum absolute atomic E-state index is 14.3. The number of methoxy groups -OCH3 is 1. The van der Waals surface area contributed by atoms with Gasteiger partial charge in [-0.2, -0.15) is 0 Å². The first kappa shape index (κ1) is 16.7. The van der Waals surface area contributed by atoms with Crippen LogP contribution < -0.4 is 4.74 Å². The molecule has 0 saturated carbocycles. The Morgan fingerprint density at radius 2 is 2.09 bits per heavy atom. The Hall–Kier alpha value is -1.63. The maximum atomic E-state index is 14.3. The van der Waals surface area contributed by atoms with E-state index in [2.05, 4.69) is 15.9 Å². The van der Waals surface area contributed by atoms with Gasteiger partial charge in [0.1, 0.15) is 0 Å². The molecule has 22 heavy (non-hydrogen) atoms. The number of carbonyl (C=O) groups is 2. The van der Waals surface area contributed by atoms with Gasteiger partial charge in [0, 0.05) is 25.1 Å². The molecular weight excluding hydrogens is 357 g/mol. The second-order valence-corrected chi connectivity index (χ2v) is 5.75. The molecule has 0 unspecified atom stereocenters. The van der Waals surface area contributed by atoms with Crippen LogP contribution in [0.3, 0.4) is 0 Å². The standard InChI is InChI=1S/C15H17BrFNO4/c1-3-22-13(20)5-4-12(19)18-7-9-6-11(16)15(21-2)14(17)10(9)8-18/h6H,3-5,7-8H2,1-2H3. The summed E-state index contributed by atoms with van der Waals surface area (Å²) in [6.45, 7) is 2.52. The van der Waals surface area contributed by atoms with Gasteiger partial charge in [-0.05, 0) is 34.5 Å². The molecule has 7 heteroatoms. The molecule has 0 aromatic heterocycles. The minimum absolute atomic E-state index is 0.0367. The van der Waals surface area contributed by atoms with E-state index in [0.717, 1.165) is 5.56 Å². The number of rotatable bonds is 5. The zero-order valence-corrected chi connectivity index (χ0v) is 14.0. The Morgan fingerprint density at radius 3 is 2.73 bits per heavy atom. The van der Waals surface area contributed by atoms with Crippen molar-refractivity contribution in [2.45, 2.75) is 32.9 Å². The molecule has 1 aromatic rings. The van der Waals surface area contributed by atoms with Crippen molar-refractivity contribution in [3.05, 3.63) is 27.5 Å². The van der Waals surface area contributed by atoms with E-state index in [1.165, 1.54) is 12.0 Å². The third-order valence-corrected chi connectivity index (χ3v) is 4.07. The zero-order valence-electron chi connectivity index (χ0n) is 12.4. The highest BCUT2D eigenvalue weighted by Gasteiger charge is 2.29. The quantitative estimate of drug-likeness (QED) is 0.744. The Kier molecular flexibility index (Phi) is 5.39. The summed E-state index contributed by atoms with van der Waals surface area (Å²) >= 11 is 3.26. The van der Waals surface area contributed by atoms with Crippen molar-refractivity contribution in [3.63, 3.8) is 0 Å².